The average Bonchev–Trinajstić information content (AvgIpc) is 2.15. The van der Waals surface area contributed by atoms with Crippen LogP contribution in [0.3, 0.4) is 0 Å². The molecule has 0 amide bonds. The van der Waals surface area contributed by atoms with Gasteiger partial charge in [0.05, 0.1) is 15.5 Å². The molecule has 1 aromatic rings. The van der Waals surface area contributed by atoms with Crippen LogP contribution >= 0.6 is 11.6 Å². The van der Waals surface area contributed by atoms with Crippen LogP contribution in [0.1, 0.15) is 5.56 Å². The van der Waals surface area contributed by atoms with Crippen LogP contribution in [0.5, 0.6) is 0 Å². The van der Waals surface area contributed by atoms with Crippen molar-refractivity contribution >= 4 is 22.6 Å². The Morgan fingerprint density at radius 2 is 2.00 bits per heavy atom. The molecule has 0 aromatic heterocycles. The quantitative estimate of drug-likeness (QED) is 0.867. The molecule has 0 radical (unpaired) electrons. The normalized spacial score (nSPS) is 13.9. The van der Waals surface area contributed by atoms with Crippen LogP contribution in [-0.4, -0.2) is 11.3 Å². The molecule has 2 nitrogen and oxygen atoms in total. The molecule has 1 atom stereocenters. The predicted molar refractivity (Wildman–Crippen MR) is 51.9 cm³/mol. The molecule has 0 aliphatic carbocycles. The van der Waals surface area contributed by atoms with E-state index in [2.05, 4.69) is 4.72 Å². The minimum atomic E-state index is -4.54. The Labute approximate surface area is 92.0 Å². The van der Waals surface area contributed by atoms with Gasteiger partial charge in [0.1, 0.15) is 11.0 Å². The zero-order valence-corrected chi connectivity index (χ0v) is 9.13. The monoisotopic (exact) mass is 257 g/mol. The standard InChI is InChI=1S/C8H7ClF3NOS/c1-13-15(14)5-2-3-7(9)6(4-5)8(10,11)12/h2-4,13H,1H3. The first-order valence-electron chi connectivity index (χ1n) is 3.82. The molecule has 0 bridgehead atoms. The Bertz CT molecular complexity index is 394. The van der Waals surface area contributed by atoms with Crippen LogP contribution in [0, 0.1) is 0 Å². The molecule has 1 N–H and O–H groups in total. The summed E-state index contributed by atoms with van der Waals surface area (Å²) in [4.78, 5) is 0.0363. The topological polar surface area (TPSA) is 29.1 Å². The first-order chi connectivity index (χ1) is 6.86. The lowest BCUT2D eigenvalue weighted by molar-refractivity contribution is -0.137. The lowest BCUT2D eigenvalue weighted by Crippen LogP contribution is -2.12. The second-order valence-electron chi connectivity index (χ2n) is 2.61. The summed E-state index contributed by atoms with van der Waals surface area (Å²) in [5.41, 5.74) is -0.981. The SMILES string of the molecule is CNS(=O)c1ccc(Cl)c(C(F)(F)F)c1. The van der Waals surface area contributed by atoms with Crippen LogP contribution in [0.25, 0.3) is 0 Å². The summed E-state index contributed by atoms with van der Waals surface area (Å²) < 4.78 is 50.7. The summed E-state index contributed by atoms with van der Waals surface area (Å²) in [5.74, 6) is 0. The Morgan fingerprint density at radius 3 is 2.47 bits per heavy atom. The number of hydrogen-bond acceptors (Lipinski definition) is 1. The molecular formula is C8H7ClF3NOS. The van der Waals surface area contributed by atoms with Gasteiger partial charge in [0.25, 0.3) is 0 Å². The largest absolute Gasteiger partial charge is 0.417 e. The number of nitrogens with one attached hydrogen (secondary N) is 1. The highest BCUT2D eigenvalue weighted by atomic mass is 35.5. The number of hydrogen-bond donors (Lipinski definition) is 1. The second-order valence-corrected chi connectivity index (χ2v) is 4.44. The van der Waals surface area contributed by atoms with Crippen molar-refractivity contribution in [1.29, 1.82) is 0 Å². The van der Waals surface area contributed by atoms with Crippen LogP contribution in [0.2, 0.25) is 5.02 Å². The van der Waals surface area contributed by atoms with Crippen molar-refractivity contribution in [3.63, 3.8) is 0 Å². The highest BCUT2D eigenvalue weighted by Crippen LogP contribution is 2.35. The molecule has 7 heteroatoms. The summed E-state index contributed by atoms with van der Waals surface area (Å²) in [6, 6.07) is 3.13. The van der Waals surface area contributed by atoms with Gasteiger partial charge < -0.3 is 0 Å². The summed E-state index contributed by atoms with van der Waals surface area (Å²) in [6.45, 7) is 0. The van der Waals surface area contributed by atoms with Crippen molar-refractivity contribution in [3.05, 3.63) is 28.8 Å². The number of alkyl halides is 3. The van der Waals surface area contributed by atoms with Crippen molar-refractivity contribution in [2.24, 2.45) is 0 Å². The summed E-state index contributed by atoms with van der Waals surface area (Å²) in [7, 11) is -0.265. The van der Waals surface area contributed by atoms with Gasteiger partial charge in [-0.2, -0.15) is 13.2 Å². The van der Waals surface area contributed by atoms with E-state index in [0.29, 0.717) is 0 Å². The molecule has 0 aliphatic rings. The van der Waals surface area contributed by atoms with Gasteiger partial charge in [0.15, 0.2) is 0 Å². The van der Waals surface area contributed by atoms with Gasteiger partial charge >= 0.3 is 6.18 Å². The minimum Gasteiger partial charge on any atom is -0.238 e. The van der Waals surface area contributed by atoms with Crippen molar-refractivity contribution in [1.82, 2.24) is 4.72 Å². The van der Waals surface area contributed by atoms with Crippen molar-refractivity contribution < 1.29 is 17.4 Å². The molecule has 0 heterocycles. The van der Waals surface area contributed by atoms with Gasteiger partial charge in [-0.25, -0.2) is 8.93 Å². The molecule has 0 spiro atoms. The van der Waals surface area contributed by atoms with Crippen LogP contribution in [0.15, 0.2) is 23.1 Å². The van der Waals surface area contributed by atoms with Crippen molar-refractivity contribution in [2.45, 2.75) is 11.1 Å². The molecule has 1 unspecified atom stereocenters. The lowest BCUT2D eigenvalue weighted by atomic mass is 10.2. The number of rotatable bonds is 2. The third-order valence-electron chi connectivity index (χ3n) is 1.64. The first-order valence-corrected chi connectivity index (χ1v) is 5.35. The fourth-order valence-corrected chi connectivity index (χ4v) is 1.83. The van der Waals surface area contributed by atoms with E-state index in [0.717, 1.165) is 12.1 Å². The van der Waals surface area contributed by atoms with E-state index in [1.54, 1.807) is 0 Å². The van der Waals surface area contributed by atoms with Crippen LogP contribution in [0.4, 0.5) is 13.2 Å². The fourth-order valence-electron chi connectivity index (χ4n) is 0.955. The van der Waals surface area contributed by atoms with Gasteiger partial charge in [0.2, 0.25) is 0 Å². The van der Waals surface area contributed by atoms with E-state index in [1.807, 2.05) is 0 Å². The lowest BCUT2D eigenvalue weighted by Gasteiger charge is -2.10. The first kappa shape index (κ1) is 12.5. The Kier molecular flexibility index (Phi) is 3.75. The van der Waals surface area contributed by atoms with Gasteiger partial charge in [-0.15, -0.1) is 0 Å². The fraction of sp³-hybridized carbons (Fsp3) is 0.250. The highest BCUT2D eigenvalue weighted by Gasteiger charge is 2.33. The van der Waals surface area contributed by atoms with E-state index in [-0.39, 0.29) is 4.90 Å². The molecule has 1 aromatic carbocycles. The van der Waals surface area contributed by atoms with Crippen LogP contribution < -0.4 is 4.72 Å². The summed E-state index contributed by atoms with van der Waals surface area (Å²) in [5, 5.41) is -0.403. The molecule has 84 valence electrons. The average molecular weight is 258 g/mol. The molecule has 1 rings (SSSR count). The number of halogens is 4. The Morgan fingerprint density at radius 1 is 1.40 bits per heavy atom. The van der Waals surface area contributed by atoms with E-state index >= 15 is 0 Å². The van der Waals surface area contributed by atoms with Gasteiger partial charge in [-0.1, -0.05) is 11.6 Å². The summed E-state index contributed by atoms with van der Waals surface area (Å²) >= 11 is 5.39. The highest BCUT2D eigenvalue weighted by molar-refractivity contribution is 7.83. The molecular weight excluding hydrogens is 251 g/mol. The maximum atomic E-state index is 12.4. The predicted octanol–water partition coefficient (Wildman–Crippen LogP) is 2.60. The Hall–Kier alpha value is -0.590. The van der Waals surface area contributed by atoms with Crippen molar-refractivity contribution in [2.75, 3.05) is 7.05 Å². The van der Waals surface area contributed by atoms with Gasteiger partial charge in [-0.05, 0) is 25.2 Å². The molecule has 0 saturated heterocycles. The third-order valence-corrected chi connectivity index (χ3v) is 3.03. The maximum Gasteiger partial charge on any atom is 0.417 e. The van der Waals surface area contributed by atoms with E-state index in [4.69, 9.17) is 11.6 Å². The smallest absolute Gasteiger partial charge is 0.238 e. The zero-order chi connectivity index (χ0) is 11.6. The minimum absolute atomic E-state index is 0.0363. The van der Waals surface area contributed by atoms with Gasteiger partial charge in [0, 0.05) is 0 Å². The summed E-state index contributed by atoms with van der Waals surface area (Å²) in [6.07, 6.45) is -4.54. The van der Waals surface area contributed by atoms with Crippen LogP contribution in [-0.2, 0) is 17.2 Å². The van der Waals surface area contributed by atoms with Crippen molar-refractivity contribution in [3.8, 4) is 0 Å². The van der Waals surface area contributed by atoms with E-state index in [9.17, 15) is 17.4 Å². The molecule has 0 aliphatic heterocycles. The molecule has 15 heavy (non-hydrogen) atoms. The second kappa shape index (κ2) is 4.51. The van der Waals surface area contributed by atoms with E-state index in [1.165, 1.54) is 13.1 Å². The van der Waals surface area contributed by atoms with Gasteiger partial charge in [-0.3, -0.25) is 0 Å². The zero-order valence-electron chi connectivity index (χ0n) is 7.56. The molecule has 0 fully saturated rings. The third kappa shape index (κ3) is 2.93. The molecule has 0 saturated carbocycles. The van der Waals surface area contributed by atoms with E-state index < -0.39 is 27.7 Å². The Balaban J connectivity index is 3.23. The maximum absolute atomic E-state index is 12.4. The number of benzene rings is 1.